The largest absolute Gasteiger partial charge is 0.344 e. The van der Waals surface area contributed by atoms with Crippen LogP contribution in [0.4, 0.5) is 10.3 Å². The van der Waals surface area contributed by atoms with Gasteiger partial charge in [0.1, 0.15) is 0 Å². The quantitative estimate of drug-likeness (QED) is 0.750. The normalized spacial score (nSPS) is 15.3. The number of nitrogens with one attached hydrogen (secondary N) is 1. The Hall–Kier alpha value is -2.65. The monoisotopic (exact) mass is 369 g/mol. The maximum atomic E-state index is 11.1. The van der Waals surface area contributed by atoms with Crippen LogP contribution < -0.4 is 10.2 Å². The molecule has 0 radical (unpaired) electrons. The predicted octanol–water partition coefficient (Wildman–Crippen LogP) is 1.76. The summed E-state index contributed by atoms with van der Waals surface area (Å²) in [5.41, 5.74) is 3.10. The van der Waals surface area contributed by atoms with Crippen LogP contribution in [0.3, 0.4) is 0 Å². The third kappa shape index (κ3) is 3.78. The van der Waals surface area contributed by atoms with E-state index < -0.39 is 0 Å². The number of benzene rings is 1. The van der Waals surface area contributed by atoms with Crippen LogP contribution in [0, 0.1) is 0 Å². The first-order chi connectivity index (χ1) is 12.7. The van der Waals surface area contributed by atoms with Crippen molar-refractivity contribution in [2.45, 2.75) is 13.5 Å². The van der Waals surface area contributed by atoms with Gasteiger partial charge in [-0.15, -0.1) is 10.2 Å². The minimum Gasteiger partial charge on any atom is -0.344 e. The lowest BCUT2D eigenvalue weighted by Crippen LogP contribution is -2.45. The molecule has 4 rings (SSSR count). The number of anilines is 2. The lowest BCUT2D eigenvalue weighted by molar-refractivity contribution is -0.114. The number of hydrogen-bond acceptors (Lipinski definition) is 8. The molecule has 3 heterocycles. The summed E-state index contributed by atoms with van der Waals surface area (Å²) in [7, 11) is 0. The Balaban J connectivity index is 1.35. The number of aromatic nitrogens is 4. The summed E-state index contributed by atoms with van der Waals surface area (Å²) in [6.07, 6.45) is 3.44. The standard InChI is InChI=1S/C17H19N7OS/c1-12(25)20-16-21-22-17(26-16)24-8-6-23(7-9-24)11-13-2-3-14-15(10-13)19-5-4-18-14/h2-5,10H,6-9,11H2,1H3,(H,20,21,25). The Morgan fingerprint density at radius 2 is 1.88 bits per heavy atom. The lowest BCUT2D eigenvalue weighted by Gasteiger charge is -2.34. The molecule has 2 aromatic heterocycles. The van der Waals surface area contributed by atoms with Gasteiger partial charge >= 0.3 is 0 Å². The van der Waals surface area contributed by atoms with E-state index in [1.54, 1.807) is 12.4 Å². The van der Waals surface area contributed by atoms with Crippen LogP contribution in [0.25, 0.3) is 11.0 Å². The molecule has 0 bridgehead atoms. The summed E-state index contributed by atoms with van der Waals surface area (Å²) >= 11 is 1.41. The number of amides is 1. The first kappa shape index (κ1) is 16.8. The Bertz CT molecular complexity index is 920. The Kier molecular flexibility index (Phi) is 4.72. The summed E-state index contributed by atoms with van der Waals surface area (Å²) in [6, 6.07) is 6.26. The van der Waals surface area contributed by atoms with Crippen molar-refractivity contribution >= 4 is 38.5 Å². The van der Waals surface area contributed by atoms with Crippen LogP contribution >= 0.6 is 11.3 Å². The van der Waals surface area contributed by atoms with Gasteiger partial charge in [0.05, 0.1) is 11.0 Å². The fraction of sp³-hybridized carbons (Fsp3) is 0.353. The zero-order chi connectivity index (χ0) is 17.9. The Labute approximate surface area is 154 Å². The third-order valence-electron chi connectivity index (χ3n) is 4.28. The van der Waals surface area contributed by atoms with Crippen molar-refractivity contribution in [3.63, 3.8) is 0 Å². The number of fused-ring (bicyclic) bond motifs is 1. The molecular weight excluding hydrogens is 350 g/mol. The van der Waals surface area contributed by atoms with Gasteiger partial charge in [0.25, 0.3) is 0 Å². The highest BCUT2D eigenvalue weighted by atomic mass is 32.1. The summed E-state index contributed by atoms with van der Waals surface area (Å²) in [5, 5.41) is 12.3. The van der Waals surface area contributed by atoms with Crippen LogP contribution in [0.1, 0.15) is 12.5 Å². The van der Waals surface area contributed by atoms with Crippen molar-refractivity contribution in [1.82, 2.24) is 25.1 Å². The smallest absolute Gasteiger partial charge is 0.223 e. The first-order valence-electron chi connectivity index (χ1n) is 8.45. The van der Waals surface area contributed by atoms with E-state index in [1.807, 2.05) is 6.07 Å². The number of carbonyl (C=O) groups is 1. The number of piperazine rings is 1. The fourth-order valence-corrected chi connectivity index (χ4v) is 3.85. The molecule has 9 heteroatoms. The molecule has 8 nitrogen and oxygen atoms in total. The second-order valence-corrected chi connectivity index (χ2v) is 7.17. The summed E-state index contributed by atoms with van der Waals surface area (Å²) < 4.78 is 0. The highest BCUT2D eigenvalue weighted by Crippen LogP contribution is 2.25. The molecule has 134 valence electrons. The van der Waals surface area contributed by atoms with Crippen molar-refractivity contribution in [2.75, 3.05) is 36.4 Å². The molecule has 0 unspecified atom stereocenters. The first-order valence-corrected chi connectivity index (χ1v) is 9.27. The maximum Gasteiger partial charge on any atom is 0.223 e. The molecule has 1 amide bonds. The number of hydrogen-bond donors (Lipinski definition) is 1. The van der Waals surface area contributed by atoms with Gasteiger partial charge in [0, 0.05) is 52.0 Å². The third-order valence-corrected chi connectivity index (χ3v) is 5.18. The highest BCUT2D eigenvalue weighted by molar-refractivity contribution is 7.19. The average Bonchev–Trinajstić information content (AvgIpc) is 3.10. The Morgan fingerprint density at radius 1 is 1.12 bits per heavy atom. The van der Waals surface area contributed by atoms with E-state index in [-0.39, 0.29) is 5.91 Å². The van der Waals surface area contributed by atoms with Crippen molar-refractivity contribution in [3.8, 4) is 0 Å². The van der Waals surface area contributed by atoms with E-state index >= 15 is 0 Å². The summed E-state index contributed by atoms with van der Waals surface area (Å²) in [5.74, 6) is -0.127. The molecule has 1 aliphatic heterocycles. The zero-order valence-corrected chi connectivity index (χ0v) is 15.2. The molecule has 0 aliphatic carbocycles. The minimum atomic E-state index is -0.127. The molecule has 26 heavy (non-hydrogen) atoms. The molecule has 1 aromatic carbocycles. The van der Waals surface area contributed by atoms with Crippen LogP contribution in [0.15, 0.2) is 30.6 Å². The van der Waals surface area contributed by atoms with E-state index in [4.69, 9.17) is 0 Å². The molecular formula is C17H19N7OS. The van der Waals surface area contributed by atoms with Gasteiger partial charge in [-0.05, 0) is 17.7 Å². The molecule has 1 N–H and O–H groups in total. The van der Waals surface area contributed by atoms with Gasteiger partial charge in [-0.25, -0.2) is 0 Å². The minimum absolute atomic E-state index is 0.127. The molecule has 0 atom stereocenters. The second kappa shape index (κ2) is 7.30. The van der Waals surface area contributed by atoms with Crippen LogP contribution in [0.2, 0.25) is 0 Å². The van der Waals surface area contributed by atoms with Crippen molar-refractivity contribution in [1.29, 1.82) is 0 Å². The SMILES string of the molecule is CC(=O)Nc1nnc(N2CCN(Cc3ccc4nccnc4c3)CC2)s1. The number of rotatable bonds is 4. The van der Waals surface area contributed by atoms with Crippen molar-refractivity contribution in [2.24, 2.45) is 0 Å². The van der Waals surface area contributed by atoms with Gasteiger partial charge in [-0.3, -0.25) is 19.7 Å². The summed E-state index contributed by atoms with van der Waals surface area (Å²) in [6.45, 7) is 6.05. The molecule has 0 saturated carbocycles. The van der Waals surface area contributed by atoms with Gasteiger partial charge in [-0.1, -0.05) is 17.4 Å². The van der Waals surface area contributed by atoms with Gasteiger partial charge < -0.3 is 10.2 Å². The number of carbonyl (C=O) groups excluding carboxylic acids is 1. The fourth-order valence-electron chi connectivity index (χ4n) is 3.01. The van der Waals surface area contributed by atoms with E-state index in [0.717, 1.165) is 48.9 Å². The van der Waals surface area contributed by atoms with E-state index in [1.165, 1.54) is 23.8 Å². The second-order valence-electron chi connectivity index (χ2n) is 6.21. The predicted molar refractivity (Wildman–Crippen MR) is 101 cm³/mol. The van der Waals surface area contributed by atoms with Gasteiger partial charge in [0.15, 0.2) is 0 Å². The van der Waals surface area contributed by atoms with Crippen LogP contribution in [-0.4, -0.2) is 57.2 Å². The molecule has 0 spiro atoms. The summed E-state index contributed by atoms with van der Waals surface area (Å²) in [4.78, 5) is 24.4. The van der Waals surface area contributed by atoms with Gasteiger partial charge in [-0.2, -0.15) is 0 Å². The van der Waals surface area contributed by atoms with E-state index in [2.05, 4.69) is 47.4 Å². The lowest BCUT2D eigenvalue weighted by atomic mass is 10.1. The highest BCUT2D eigenvalue weighted by Gasteiger charge is 2.20. The molecule has 1 saturated heterocycles. The molecule has 3 aromatic rings. The van der Waals surface area contributed by atoms with Crippen molar-refractivity contribution in [3.05, 3.63) is 36.2 Å². The van der Waals surface area contributed by atoms with E-state index in [0.29, 0.717) is 5.13 Å². The average molecular weight is 369 g/mol. The number of nitrogens with zero attached hydrogens (tertiary/aromatic N) is 6. The van der Waals surface area contributed by atoms with Crippen LogP contribution in [-0.2, 0) is 11.3 Å². The Morgan fingerprint density at radius 3 is 2.65 bits per heavy atom. The topological polar surface area (TPSA) is 87.1 Å². The van der Waals surface area contributed by atoms with Crippen molar-refractivity contribution < 1.29 is 4.79 Å². The zero-order valence-electron chi connectivity index (χ0n) is 14.4. The van der Waals surface area contributed by atoms with Gasteiger partial charge in [0.2, 0.25) is 16.2 Å². The maximum absolute atomic E-state index is 11.1. The molecule has 1 fully saturated rings. The van der Waals surface area contributed by atoms with E-state index in [9.17, 15) is 4.79 Å². The van der Waals surface area contributed by atoms with Crippen LogP contribution in [0.5, 0.6) is 0 Å². The molecule has 1 aliphatic rings.